The summed E-state index contributed by atoms with van der Waals surface area (Å²) in [6.07, 6.45) is 8.57. The Hall–Kier alpha value is -1.45. The smallest absolute Gasteiger partial charge is 0.232 e. The molecule has 1 fully saturated rings. The number of fused-ring (bicyclic) bond motifs is 1. The van der Waals surface area contributed by atoms with Crippen LogP contribution in [0.1, 0.15) is 49.4 Å². The molecule has 0 saturated heterocycles. The maximum absolute atomic E-state index is 11.6. The van der Waals surface area contributed by atoms with E-state index in [-0.39, 0.29) is 5.91 Å². The van der Waals surface area contributed by atoms with E-state index >= 15 is 0 Å². The Bertz CT molecular complexity index is 452. The van der Waals surface area contributed by atoms with Crippen molar-refractivity contribution in [3.05, 3.63) is 17.6 Å². The van der Waals surface area contributed by atoms with E-state index in [1.165, 1.54) is 32.1 Å². The van der Waals surface area contributed by atoms with Crippen LogP contribution >= 0.6 is 0 Å². The first-order valence-electron chi connectivity index (χ1n) is 6.38. The van der Waals surface area contributed by atoms with E-state index in [4.69, 9.17) is 0 Å². The van der Waals surface area contributed by atoms with E-state index in [2.05, 4.69) is 9.97 Å². The third kappa shape index (κ3) is 1.81. The molecular formula is C13H17N3O. The van der Waals surface area contributed by atoms with Crippen molar-refractivity contribution in [2.75, 3.05) is 11.9 Å². The minimum absolute atomic E-state index is 0.120. The van der Waals surface area contributed by atoms with Gasteiger partial charge in [0.1, 0.15) is 11.6 Å². The lowest BCUT2D eigenvalue weighted by molar-refractivity contribution is -0.117. The minimum Gasteiger partial charge on any atom is -0.299 e. The third-order valence-electron chi connectivity index (χ3n) is 3.86. The summed E-state index contributed by atoms with van der Waals surface area (Å²) in [5.41, 5.74) is 0.969. The molecule has 2 heterocycles. The van der Waals surface area contributed by atoms with Gasteiger partial charge in [0.05, 0.1) is 6.42 Å². The monoisotopic (exact) mass is 231 g/mol. The second-order valence-corrected chi connectivity index (χ2v) is 5.04. The topological polar surface area (TPSA) is 46.1 Å². The number of hydrogen-bond donors (Lipinski definition) is 0. The lowest BCUT2D eigenvalue weighted by Crippen LogP contribution is -2.22. The van der Waals surface area contributed by atoms with Crippen molar-refractivity contribution >= 4 is 11.7 Å². The molecule has 2 aliphatic rings. The first-order chi connectivity index (χ1) is 8.25. The Morgan fingerprint density at radius 2 is 2.06 bits per heavy atom. The quantitative estimate of drug-likeness (QED) is 0.743. The first-order valence-corrected chi connectivity index (χ1v) is 6.38. The van der Waals surface area contributed by atoms with Crippen molar-refractivity contribution in [2.45, 2.75) is 44.4 Å². The van der Waals surface area contributed by atoms with Crippen LogP contribution in [0.4, 0.5) is 5.82 Å². The van der Waals surface area contributed by atoms with Crippen LogP contribution in [-0.4, -0.2) is 22.9 Å². The van der Waals surface area contributed by atoms with Gasteiger partial charge in [-0.1, -0.05) is 19.3 Å². The first kappa shape index (κ1) is 10.7. The normalized spacial score (nSPS) is 20.8. The molecule has 0 aromatic carbocycles. The summed E-state index contributed by atoms with van der Waals surface area (Å²) in [4.78, 5) is 22.3. The van der Waals surface area contributed by atoms with E-state index in [1.807, 2.05) is 6.20 Å². The van der Waals surface area contributed by atoms with Crippen molar-refractivity contribution in [3.8, 4) is 0 Å². The molecule has 0 bridgehead atoms. The van der Waals surface area contributed by atoms with Crippen molar-refractivity contribution < 1.29 is 4.79 Å². The summed E-state index contributed by atoms with van der Waals surface area (Å²) < 4.78 is 0. The van der Waals surface area contributed by atoms with E-state index in [0.29, 0.717) is 12.3 Å². The Morgan fingerprint density at radius 1 is 1.29 bits per heavy atom. The van der Waals surface area contributed by atoms with Crippen LogP contribution in [-0.2, 0) is 11.2 Å². The zero-order chi connectivity index (χ0) is 11.8. The average Bonchev–Trinajstić information content (AvgIpc) is 2.66. The molecule has 1 aliphatic carbocycles. The average molecular weight is 231 g/mol. The van der Waals surface area contributed by atoms with Gasteiger partial charge in [0, 0.05) is 24.7 Å². The number of hydrogen-bond acceptors (Lipinski definition) is 3. The second kappa shape index (κ2) is 4.09. The zero-order valence-electron chi connectivity index (χ0n) is 10.1. The van der Waals surface area contributed by atoms with E-state index in [9.17, 15) is 4.79 Å². The lowest BCUT2D eigenvalue weighted by Gasteiger charge is -2.21. The Kier molecular flexibility index (Phi) is 2.57. The predicted molar refractivity (Wildman–Crippen MR) is 65.0 cm³/mol. The van der Waals surface area contributed by atoms with E-state index in [0.717, 1.165) is 17.2 Å². The molecule has 1 aromatic rings. The second-order valence-electron chi connectivity index (χ2n) is 5.04. The third-order valence-corrected chi connectivity index (χ3v) is 3.86. The number of likely N-dealkylation sites (N-methyl/N-ethyl adjacent to an activating group) is 1. The highest BCUT2D eigenvalue weighted by Gasteiger charge is 2.28. The maximum atomic E-state index is 11.6. The SMILES string of the molecule is CN1C(=O)Cc2cnc(C3CCCCC3)nc21. The van der Waals surface area contributed by atoms with Gasteiger partial charge in [0.15, 0.2) is 0 Å². The van der Waals surface area contributed by atoms with Gasteiger partial charge < -0.3 is 0 Å². The molecule has 0 unspecified atom stereocenters. The van der Waals surface area contributed by atoms with Crippen LogP contribution in [0.2, 0.25) is 0 Å². The number of carbonyl (C=O) groups is 1. The molecule has 1 saturated carbocycles. The standard InChI is InChI=1S/C13H17N3O/c1-16-11(17)7-10-8-14-12(15-13(10)16)9-5-3-2-4-6-9/h8-9H,2-7H2,1H3. The summed E-state index contributed by atoms with van der Waals surface area (Å²) in [7, 11) is 1.80. The van der Waals surface area contributed by atoms with Crippen molar-refractivity contribution in [1.29, 1.82) is 0 Å². The van der Waals surface area contributed by atoms with Gasteiger partial charge in [-0.05, 0) is 12.8 Å². The van der Waals surface area contributed by atoms with Gasteiger partial charge in [0.2, 0.25) is 5.91 Å². The number of aromatic nitrogens is 2. The summed E-state index contributed by atoms with van der Waals surface area (Å²) in [6, 6.07) is 0. The van der Waals surface area contributed by atoms with Crippen LogP contribution in [0.15, 0.2) is 6.20 Å². The highest BCUT2D eigenvalue weighted by atomic mass is 16.2. The van der Waals surface area contributed by atoms with Gasteiger partial charge in [-0.2, -0.15) is 0 Å². The molecule has 1 aliphatic heterocycles. The van der Waals surface area contributed by atoms with Gasteiger partial charge in [-0.3, -0.25) is 9.69 Å². The number of carbonyl (C=O) groups excluding carboxylic acids is 1. The molecular weight excluding hydrogens is 214 g/mol. The number of rotatable bonds is 1. The predicted octanol–water partition coefficient (Wildman–Crippen LogP) is 2.04. The fourth-order valence-corrected chi connectivity index (χ4v) is 2.78. The van der Waals surface area contributed by atoms with Crippen molar-refractivity contribution in [2.24, 2.45) is 0 Å². The number of amides is 1. The largest absolute Gasteiger partial charge is 0.299 e. The molecule has 1 amide bonds. The van der Waals surface area contributed by atoms with Crippen LogP contribution in [0.5, 0.6) is 0 Å². The Morgan fingerprint density at radius 3 is 2.82 bits per heavy atom. The molecule has 90 valence electrons. The molecule has 0 radical (unpaired) electrons. The molecule has 17 heavy (non-hydrogen) atoms. The molecule has 0 spiro atoms. The molecule has 0 atom stereocenters. The van der Waals surface area contributed by atoms with Gasteiger partial charge in [-0.25, -0.2) is 9.97 Å². The minimum atomic E-state index is 0.120. The summed E-state index contributed by atoms with van der Waals surface area (Å²) in [5.74, 6) is 2.38. The molecule has 1 aromatic heterocycles. The fraction of sp³-hybridized carbons (Fsp3) is 0.615. The summed E-state index contributed by atoms with van der Waals surface area (Å²) in [5, 5.41) is 0. The number of anilines is 1. The van der Waals surface area contributed by atoms with Crippen molar-refractivity contribution in [1.82, 2.24) is 9.97 Å². The molecule has 0 N–H and O–H groups in total. The summed E-state index contributed by atoms with van der Waals surface area (Å²) in [6.45, 7) is 0. The fourth-order valence-electron chi connectivity index (χ4n) is 2.78. The maximum Gasteiger partial charge on any atom is 0.232 e. The van der Waals surface area contributed by atoms with E-state index < -0.39 is 0 Å². The highest BCUT2D eigenvalue weighted by Crippen LogP contribution is 2.33. The Labute approximate surface area is 101 Å². The van der Waals surface area contributed by atoms with Crippen LogP contribution in [0.25, 0.3) is 0 Å². The van der Waals surface area contributed by atoms with Crippen molar-refractivity contribution in [3.63, 3.8) is 0 Å². The van der Waals surface area contributed by atoms with Crippen LogP contribution < -0.4 is 4.90 Å². The van der Waals surface area contributed by atoms with Crippen LogP contribution in [0, 0.1) is 0 Å². The molecule has 4 nitrogen and oxygen atoms in total. The number of nitrogens with zero attached hydrogens (tertiary/aromatic N) is 3. The molecule has 4 heteroatoms. The Balaban J connectivity index is 1.91. The van der Waals surface area contributed by atoms with Crippen LogP contribution in [0.3, 0.4) is 0 Å². The van der Waals surface area contributed by atoms with Gasteiger partial charge in [-0.15, -0.1) is 0 Å². The van der Waals surface area contributed by atoms with E-state index in [1.54, 1.807) is 11.9 Å². The lowest BCUT2D eigenvalue weighted by atomic mass is 9.88. The zero-order valence-corrected chi connectivity index (χ0v) is 10.1. The summed E-state index contributed by atoms with van der Waals surface area (Å²) >= 11 is 0. The molecule has 3 rings (SSSR count). The van der Waals surface area contributed by atoms with Gasteiger partial charge in [0.25, 0.3) is 0 Å². The highest BCUT2D eigenvalue weighted by molar-refractivity contribution is 5.99. The van der Waals surface area contributed by atoms with Gasteiger partial charge >= 0.3 is 0 Å².